The minimum absolute atomic E-state index is 0.699. The van der Waals surface area contributed by atoms with Crippen molar-refractivity contribution in [3.05, 3.63) is 39.5 Å². The van der Waals surface area contributed by atoms with Gasteiger partial charge in [0.15, 0.2) is 0 Å². The van der Waals surface area contributed by atoms with E-state index in [0.717, 1.165) is 29.7 Å². The molecule has 18 heavy (non-hydrogen) atoms. The van der Waals surface area contributed by atoms with Crippen LogP contribution in [0.2, 0.25) is 0 Å². The van der Waals surface area contributed by atoms with Crippen LogP contribution in [-0.2, 0) is 0 Å². The maximum atomic E-state index is 6.09. The zero-order chi connectivity index (χ0) is 12.7. The summed E-state index contributed by atoms with van der Waals surface area (Å²) < 4.78 is 2.94. The van der Waals surface area contributed by atoms with E-state index in [1.54, 1.807) is 23.7 Å². The summed E-state index contributed by atoms with van der Waals surface area (Å²) in [4.78, 5) is 8.63. The summed E-state index contributed by atoms with van der Waals surface area (Å²) in [6, 6.07) is 5.86. The van der Waals surface area contributed by atoms with Crippen LogP contribution in [-0.4, -0.2) is 9.97 Å². The molecule has 0 unspecified atom stereocenters. The van der Waals surface area contributed by atoms with Crippen LogP contribution in [0.1, 0.15) is 0 Å². The number of halogens is 2. The molecule has 2 heterocycles. The lowest BCUT2D eigenvalue weighted by Gasteiger charge is -2.05. The third-order valence-electron chi connectivity index (χ3n) is 2.51. The minimum atomic E-state index is 0.699. The van der Waals surface area contributed by atoms with Crippen LogP contribution in [0.3, 0.4) is 0 Å². The number of nitrogen functional groups attached to an aromatic ring is 1. The molecule has 0 aliphatic carbocycles. The predicted octanol–water partition coefficient (Wildman–Crippen LogP) is 4.47. The van der Waals surface area contributed by atoms with Crippen LogP contribution in [0.4, 0.5) is 5.69 Å². The fourth-order valence-electron chi connectivity index (χ4n) is 1.66. The number of aromatic nitrogens is 2. The molecule has 2 N–H and O–H groups in total. The zero-order valence-corrected chi connectivity index (χ0v) is 13.0. The predicted molar refractivity (Wildman–Crippen MR) is 82.7 cm³/mol. The van der Waals surface area contributed by atoms with Crippen LogP contribution < -0.4 is 5.73 Å². The molecule has 3 rings (SSSR count). The van der Waals surface area contributed by atoms with Crippen LogP contribution in [0.15, 0.2) is 39.5 Å². The molecule has 0 aliphatic rings. The van der Waals surface area contributed by atoms with Crippen molar-refractivity contribution in [2.75, 3.05) is 5.73 Å². The molecule has 3 aromatic rings. The first-order valence-corrected chi connectivity index (χ1v) is 7.51. The van der Waals surface area contributed by atoms with Crippen LogP contribution in [0.5, 0.6) is 0 Å². The highest BCUT2D eigenvalue weighted by Crippen LogP contribution is 2.38. The zero-order valence-electron chi connectivity index (χ0n) is 9.02. The number of nitrogens with zero attached hydrogens (tertiary/aromatic N) is 2. The Hall–Kier alpha value is -0.980. The largest absolute Gasteiger partial charge is 0.397 e. The number of pyridine rings is 1. The highest BCUT2D eigenvalue weighted by Gasteiger charge is 2.12. The van der Waals surface area contributed by atoms with Gasteiger partial charge < -0.3 is 5.73 Å². The number of fused-ring (bicyclic) bond motifs is 1. The number of thiazole rings is 1. The molecule has 3 nitrogen and oxygen atoms in total. The Kier molecular flexibility index (Phi) is 3.09. The van der Waals surface area contributed by atoms with Gasteiger partial charge in [-0.05, 0) is 34.1 Å². The fourth-order valence-corrected chi connectivity index (χ4v) is 3.85. The van der Waals surface area contributed by atoms with Crippen molar-refractivity contribution in [2.45, 2.75) is 0 Å². The summed E-state index contributed by atoms with van der Waals surface area (Å²) in [6.45, 7) is 0. The Balaban J connectivity index is 2.26. The second-order valence-electron chi connectivity index (χ2n) is 3.71. The van der Waals surface area contributed by atoms with Crippen molar-refractivity contribution in [3.8, 4) is 10.6 Å². The van der Waals surface area contributed by atoms with E-state index in [0.29, 0.717) is 5.69 Å². The van der Waals surface area contributed by atoms with Crippen LogP contribution >= 0.6 is 43.2 Å². The van der Waals surface area contributed by atoms with Crippen molar-refractivity contribution in [1.82, 2.24) is 9.97 Å². The maximum Gasteiger partial charge on any atom is 0.126 e. The van der Waals surface area contributed by atoms with Crippen molar-refractivity contribution in [3.63, 3.8) is 0 Å². The number of rotatable bonds is 1. The summed E-state index contributed by atoms with van der Waals surface area (Å²) in [5.74, 6) is 0. The molecule has 0 fully saturated rings. The molecule has 0 radical (unpaired) electrons. The third kappa shape index (κ3) is 2.04. The number of hydrogen-bond donors (Lipinski definition) is 1. The standard InChI is InChI=1S/C12H7Br2N3S/c13-6-3-7(11(15)8(14)4-6)12-17-9-5-16-2-1-10(9)18-12/h1-5H,15H2. The molecule has 0 aliphatic heterocycles. The Labute approximate surface area is 124 Å². The second-order valence-corrected chi connectivity index (χ2v) is 6.51. The molecule has 0 saturated carbocycles. The third-order valence-corrected chi connectivity index (χ3v) is 4.70. The molecule has 90 valence electrons. The van der Waals surface area contributed by atoms with Gasteiger partial charge in [0.1, 0.15) is 10.5 Å². The van der Waals surface area contributed by atoms with Crippen LogP contribution in [0.25, 0.3) is 20.8 Å². The van der Waals surface area contributed by atoms with E-state index in [-0.39, 0.29) is 0 Å². The summed E-state index contributed by atoms with van der Waals surface area (Å²) in [7, 11) is 0. The first kappa shape index (κ1) is 12.1. The molecule has 0 bridgehead atoms. The lowest BCUT2D eigenvalue weighted by atomic mass is 10.2. The Morgan fingerprint density at radius 3 is 2.83 bits per heavy atom. The van der Waals surface area contributed by atoms with Gasteiger partial charge in [0, 0.05) is 20.7 Å². The lowest BCUT2D eigenvalue weighted by molar-refractivity contribution is 1.34. The van der Waals surface area contributed by atoms with Gasteiger partial charge >= 0.3 is 0 Å². The molecular weight excluding hydrogens is 378 g/mol. The van der Waals surface area contributed by atoms with Gasteiger partial charge in [-0.1, -0.05) is 15.9 Å². The molecule has 0 atom stereocenters. The van der Waals surface area contributed by atoms with E-state index in [4.69, 9.17) is 5.73 Å². The first-order chi connectivity index (χ1) is 8.65. The number of anilines is 1. The highest BCUT2D eigenvalue weighted by molar-refractivity contribution is 9.11. The molecule has 0 spiro atoms. The van der Waals surface area contributed by atoms with Gasteiger partial charge in [-0.25, -0.2) is 4.98 Å². The SMILES string of the molecule is Nc1c(Br)cc(Br)cc1-c1nc2cnccc2s1. The lowest BCUT2D eigenvalue weighted by Crippen LogP contribution is -1.91. The maximum absolute atomic E-state index is 6.09. The number of nitrogens with two attached hydrogens (primary N) is 1. The Bertz CT molecular complexity index is 706. The normalized spacial score (nSPS) is 11.0. The summed E-state index contributed by atoms with van der Waals surface area (Å²) in [5, 5.41) is 0.900. The second kappa shape index (κ2) is 4.60. The molecule has 1 aromatic carbocycles. The van der Waals surface area contributed by atoms with E-state index in [1.807, 2.05) is 18.2 Å². The van der Waals surface area contributed by atoms with Gasteiger partial charge in [0.25, 0.3) is 0 Å². The quantitative estimate of drug-likeness (QED) is 0.630. The van der Waals surface area contributed by atoms with E-state index >= 15 is 0 Å². The van der Waals surface area contributed by atoms with Gasteiger partial charge in [0.2, 0.25) is 0 Å². The summed E-state index contributed by atoms with van der Waals surface area (Å²) in [5.41, 5.74) is 8.61. The van der Waals surface area contributed by atoms with Gasteiger partial charge in [-0.2, -0.15) is 0 Å². The first-order valence-electron chi connectivity index (χ1n) is 5.10. The van der Waals surface area contributed by atoms with Crippen molar-refractivity contribution in [2.24, 2.45) is 0 Å². The van der Waals surface area contributed by atoms with E-state index in [1.165, 1.54) is 0 Å². The average molecular weight is 385 g/mol. The highest BCUT2D eigenvalue weighted by atomic mass is 79.9. The minimum Gasteiger partial charge on any atom is -0.397 e. The number of benzene rings is 1. The summed E-state index contributed by atoms with van der Waals surface area (Å²) >= 11 is 8.52. The smallest absolute Gasteiger partial charge is 0.126 e. The van der Waals surface area contributed by atoms with E-state index in [9.17, 15) is 0 Å². The van der Waals surface area contributed by atoms with E-state index in [2.05, 4.69) is 41.8 Å². The van der Waals surface area contributed by atoms with Gasteiger partial charge in [0.05, 0.1) is 16.6 Å². The monoisotopic (exact) mass is 383 g/mol. The molecule has 6 heteroatoms. The van der Waals surface area contributed by atoms with Gasteiger partial charge in [-0.15, -0.1) is 11.3 Å². The van der Waals surface area contributed by atoms with Gasteiger partial charge in [-0.3, -0.25) is 4.98 Å². The number of hydrogen-bond acceptors (Lipinski definition) is 4. The summed E-state index contributed by atoms with van der Waals surface area (Å²) in [6.07, 6.45) is 3.53. The fraction of sp³-hybridized carbons (Fsp3) is 0. The topological polar surface area (TPSA) is 51.8 Å². The Morgan fingerprint density at radius 1 is 1.22 bits per heavy atom. The molecule has 0 amide bonds. The van der Waals surface area contributed by atoms with E-state index < -0.39 is 0 Å². The van der Waals surface area contributed by atoms with Crippen molar-refractivity contribution >= 4 is 59.1 Å². The molecular formula is C12H7Br2N3S. The Morgan fingerprint density at radius 2 is 2.06 bits per heavy atom. The van der Waals surface area contributed by atoms with Crippen LogP contribution in [0, 0.1) is 0 Å². The average Bonchev–Trinajstić information content (AvgIpc) is 2.77. The molecule has 0 saturated heterocycles. The van der Waals surface area contributed by atoms with Crippen molar-refractivity contribution in [1.29, 1.82) is 0 Å². The van der Waals surface area contributed by atoms with Crippen molar-refractivity contribution < 1.29 is 0 Å². The molecule has 2 aromatic heterocycles.